The lowest BCUT2D eigenvalue weighted by molar-refractivity contribution is -0.119. The Kier molecular flexibility index (Phi) is 5.48. The van der Waals surface area contributed by atoms with E-state index in [0.717, 1.165) is 74.6 Å². The first-order valence-electron chi connectivity index (χ1n) is 10.1. The molecule has 142 valence electrons. The SMILES string of the molecule is Cc1nc([C@H]2CCCNC2)nc2c1CCC(=O)N2CCCc1ccccc1. The van der Waals surface area contributed by atoms with Crippen LogP contribution in [0.15, 0.2) is 30.3 Å². The van der Waals surface area contributed by atoms with Gasteiger partial charge in [0.15, 0.2) is 0 Å². The number of amides is 1. The Hall–Kier alpha value is -2.27. The summed E-state index contributed by atoms with van der Waals surface area (Å²) < 4.78 is 0. The molecule has 4 rings (SSSR count). The molecule has 1 amide bonds. The molecule has 0 spiro atoms. The summed E-state index contributed by atoms with van der Waals surface area (Å²) >= 11 is 0. The highest BCUT2D eigenvalue weighted by atomic mass is 16.2. The fourth-order valence-corrected chi connectivity index (χ4v) is 4.17. The summed E-state index contributed by atoms with van der Waals surface area (Å²) in [5.41, 5.74) is 3.51. The predicted molar refractivity (Wildman–Crippen MR) is 107 cm³/mol. The van der Waals surface area contributed by atoms with E-state index < -0.39 is 0 Å². The van der Waals surface area contributed by atoms with Crippen LogP contribution in [0.5, 0.6) is 0 Å². The maximum Gasteiger partial charge on any atom is 0.228 e. The van der Waals surface area contributed by atoms with E-state index in [4.69, 9.17) is 9.97 Å². The first-order chi connectivity index (χ1) is 13.2. The van der Waals surface area contributed by atoms with Crippen molar-refractivity contribution in [1.29, 1.82) is 0 Å². The molecule has 0 radical (unpaired) electrons. The van der Waals surface area contributed by atoms with Crippen LogP contribution < -0.4 is 10.2 Å². The summed E-state index contributed by atoms with van der Waals surface area (Å²) in [5.74, 6) is 2.32. The van der Waals surface area contributed by atoms with E-state index in [-0.39, 0.29) is 5.91 Å². The van der Waals surface area contributed by atoms with Crippen LogP contribution in [0.2, 0.25) is 0 Å². The minimum Gasteiger partial charge on any atom is -0.316 e. The van der Waals surface area contributed by atoms with Crippen molar-refractivity contribution in [3.05, 3.63) is 53.0 Å². The molecule has 1 fully saturated rings. The molecular formula is C22H28N4O. The molecule has 3 heterocycles. The Morgan fingerprint density at radius 2 is 2.04 bits per heavy atom. The Balaban J connectivity index is 1.54. The van der Waals surface area contributed by atoms with E-state index in [9.17, 15) is 4.79 Å². The van der Waals surface area contributed by atoms with E-state index in [2.05, 4.69) is 36.5 Å². The minimum absolute atomic E-state index is 0.196. The molecule has 0 unspecified atom stereocenters. The molecule has 1 N–H and O–H groups in total. The van der Waals surface area contributed by atoms with Gasteiger partial charge in [-0.3, -0.25) is 9.69 Å². The second-order valence-corrected chi connectivity index (χ2v) is 7.65. The molecule has 1 atom stereocenters. The Labute approximate surface area is 161 Å². The van der Waals surface area contributed by atoms with Gasteiger partial charge in [-0.05, 0) is 51.1 Å². The Bertz CT molecular complexity index is 799. The summed E-state index contributed by atoms with van der Waals surface area (Å²) in [6, 6.07) is 10.5. The fraction of sp³-hybridized carbons (Fsp3) is 0.500. The maximum absolute atomic E-state index is 12.7. The fourth-order valence-electron chi connectivity index (χ4n) is 4.17. The first-order valence-corrected chi connectivity index (χ1v) is 10.1. The van der Waals surface area contributed by atoms with Crippen LogP contribution in [0.3, 0.4) is 0 Å². The number of aromatic nitrogens is 2. The predicted octanol–water partition coefficient (Wildman–Crippen LogP) is 3.16. The van der Waals surface area contributed by atoms with Crippen molar-refractivity contribution in [2.24, 2.45) is 0 Å². The molecular weight excluding hydrogens is 336 g/mol. The number of hydrogen-bond acceptors (Lipinski definition) is 4. The van der Waals surface area contributed by atoms with E-state index in [1.165, 1.54) is 5.56 Å². The molecule has 27 heavy (non-hydrogen) atoms. The van der Waals surface area contributed by atoms with E-state index in [1.54, 1.807) is 0 Å². The van der Waals surface area contributed by atoms with Crippen LogP contribution in [0, 0.1) is 6.92 Å². The number of carbonyl (C=O) groups excluding carboxylic acids is 1. The van der Waals surface area contributed by atoms with Crippen LogP contribution in [0.4, 0.5) is 5.82 Å². The van der Waals surface area contributed by atoms with Crippen LogP contribution in [-0.2, 0) is 17.6 Å². The molecule has 5 heteroatoms. The molecule has 0 saturated carbocycles. The number of aryl methyl sites for hydroxylation is 2. The topological polar surface area (TPSA) is 58.1 Å². The van der Waals surface area contributed by atoms with E-state index in [1.807, 2.05) is 11.0 Å². The molecule has 2 aliphatic rings. The zero-order valence-electron chi connectivity index (χ0n) is 16.1. The first kappa shape index (κ1) is 18.1. The Morgan fingerprint density at radius 1 is 1.19 bits per heavy atom. The highest BCUT2D eigenvalue weighted by molar-refractivity contribution is 5.95. The van der Waals surface area contributed by atoms with Crippen LogP contribution >= 0.6 is 0 Å². The normalized spacial score (nSPS) is 19.8. The molecule has 1 saturated heterocycles. The van der Waals surface area contributed by atoms with Crippen molar-refractivity contribution in [1.82, 2.24) is 15.3 Å². The smallest absolute Gasteiger partial charge is 0.228 e. The molecule has 5 nitrogen and oxygen atoms in total. The number of hydrogen-bond donors (Lipinski definition) is 1. The largest absolute Gasteiger partial charge is 0.316 e. The third kappa shape index (κ3) is 4.03. The number of piperidine rings is 1. The number of nitrogens with zero attached hydrogens (tertiary/aromatic N) is 3. The van der Waals surface area contributed by atoms with Gasteiger partial charge in [-0.15, -0.1) is 0 Å². The summed E-state index contributed by atoms with van der Waals surface area (Å²) in [4.78, 5) is 24.3. The maximum atomic E-state index is 12.7. The number of rotatable bonds is 5. The summed E-state index contributed by atoms with van der Waals surface area (Å²) in [6.45, 7) is 4.79. The molecule has 1 aromatic carbocycles. The average molecular weight is 364 g/mol. The van der Waals surface area contributed by atoms with Gasteiger partial charge in [-0.25, -0.2) is 9.97 Å². The van der Waals surface area contributed by atoms with Crippen LogP contribution in [-0.4, -0.2) is 35.5 Å². The summed E-state index contributed by atoms with van der Waals surface area (Å²) in [7, 11) is 0. The lowest BCUT2D eigenvalue weighted by Crippen LogP contribution is -2.38. The van der Waals surface area contributed by atoms with E-state index in [0.29, 0.717) is 12.3 Å². The van der Waals surface area contributed by atoms with Crippen molar-refractivity contribution in [2.75, 3.05) is 24.5 Å². The average Bonchev–Trinajstić information content (AvgIpc) is 2.71. The number of carbonyl (C=O) groups is 1. The van der Waals surface area contributed by atoms with E-state index >= 15 is 0 Å². The zero-order chi connectivity index (χ0) is 18.6. The minimum atomic E-state index is 0.196. The summed E-state index contributed by atoms with van der Waals surface area (Å²) in [6.07, 6.45) is 5.52. The lowest BCUT2D eigenvalue weighted by Gasteiger charge is -2.31. The second kappa shape index (κ2) is 8.17. The Morgan fingerprint density at radius 3 is 2.81 bits per heavy atom. The zero-order valence-corrected chi connectivity index (χ0v) is 16.1. The highest BCUT2D eigenvalue weighted by Gasteiger charge is 2.29. The number of fused-ring (bicyclic) bond motifs is 1. The van der Waals surface area contributed by atoms with Crippen LogP contribution in [0.25, 0.3) is 0 Å². The molecule has 0 aliphatic carbocycles. The van der Waals surface area contributed by atoms with Gasteiger partial charge in [-0.1, -0.05) is 30.3 Å². The molecule has 1 aromatic heterocycles. The lowest BCUT2D eigenvalue weighted by atomic mass is 9.97. The van der Waals surface area contributed by atoms with Crippen molar-refractivity contribution < 1.29 is 4.79 Å². The van der Waals surface area contributed by atoms with Gasteiger partial charge >= 0.3 is 0 Å². The molecule has 2 aromatic rings. The second-order valence-electron chi connectivity index (χ2n) is 7.65. The molecule has 2 aliphatic heterocycles. The van der Waals surface area contributed by atoms with Gasteiger partial charge in [-0.2, -0.15) is 0 Å². The van der Waals surface area contributed by atoms with Gasteiger partial charge in [0.1, 0.15) is 11.6 Å². The standard InChI is InChI=1S/C22H28N4O/c1-16-19-11-12-20(27)26(14-6-9-17-7-3-2-4-8-17)22(19)25-21(24-16)18-10-5-13-23-15-18/h2-4,7-8,18,23H,5-6,9-15H2,1H3/t18-/m0/s1. The third-order valence-corrected chi connectivity index (χ3v) is 5.71. The number of anilines is 1. The van der Waals surface area contributed by atoms with Gasteiger partial charge < -0.3 is 5.32 Å². The number of benzene rings is 1. The summed E-state index contributed by atoms with van der Waals surface area (Å²) in [5, 5.41) is 3.44. The van der Waals surface area contributed by atoms with Crippen molar-refractivity contribution in [2.45, 2.75) is 51.4 Å². The van der Waals surface area contributed by atoms with Gasteiger partial charge in [0.05, 0.1) is 0 Å². The third-order valence-electron chi connectivity index (χ3n) is 5.71. The van der Waals surface area contributed by atoms with Gasteiger partial charge in [0.2, 0.25) is 5.91 Å². The van der Waals surface area contributed by atoms with Crippen molar-refractivity contribution >= 4 is 11.7 Å². The highest BCUT2D eigenvalue weighted by Crippen LogP contribution is 2.31. The van der Waals surface area contributed by atoms with Gasteiger partial charge in [0, 0.05) is 36.7 Å². The monoisotopic (exact) mass is 364 g/mol. The molecule has 0 bridgehead atoms. The van der Waals surface area contributed by atoms with Crippen LogP contribution in [0.1, 0.15) is 54.2 Å². The van der Waals surface area contributed by atoms with Crippen molar-refractivity contribution in [3.8, 4) is 0 Å². The number of nitrogens with one attached hydrogen (secondary N) is 1. The quantitative estimate of drug-likeness (QED) is 0.885. The van der Waals surface area contributed by atoms with Gasteiger partial charge in [0.25, 0.3) is 0 Å². The van der Waals surface area contributed by atoms with Crippen molar-refractivity contribution in [3.63, 3.8) is 0 Å².